The molecule has 1 saturated heterocycles. The Morgan fingerprint density at radius 1 is 1.12 bits per heavy atom. The predicted molar refractivity (Wildman–Crippen MR) is 155 cm³/mol. The number of carbonyl (C=O) groups is 3. The third-order valence-corrected chi connectivity index (χ3v) is 8.80. The first-order valence-electron chi connectivity index (χ1n) is 13.3. The van der Waals surface area contributed by atoms with Crippen LogP contribution in [0.15, 0.2) is 47.5 Å². The van der Waals surface area contributed by atoms with Crippen molar-refractivity contribution < 1.29 is 18.8 Å². The average Bonchev–Trinajstić information content (AvgIpc) is 3.27. The monoisotopic (exact) mass is 618 g/mol. The van der Waals surface area contributed by atoms with Gasteiger partial charge in [0.1, 0.15) is 28.8 Å². The van der Waals surface area contributed by atoms with Crippen LogP contribution in [0.3, 0.4) is 0 Å². The number of amides is 2. The van der Waals surface area contributed by atoms with E-state index in [1.165, 1.54) is 19.1 Å². The van der Waals surface area contributed by atoms with Crippen LogP contribution in [0.2, 0.25) is 0 Å². The van der Waals surface area contributed by atoms with Gasteiger partial charge in [-0.25, -0.2) is 19.3 Å². The number of fused-ring (bicyclic) bond motifs is 2. The smallest absolute Gasteiger partial charge is 0.248 e. The molecule has 41 heavy (non-hydrogen) atoms. The van der Waals surface area contributed by atoms with Crippen LogP contribution in [-0.2, 0) is 16.1 Å². The van der Waals surface area contributed by atoms with Gasteiger partial charge in [-0.05, 0) is 90.4 Å². The summed E-state index contributed by atoms with van der Waals surface area (Å²) in [5, 5.41) is 3.49. The first-order chi connectivity index (χ1) is 19.4. The molecule has 1 N–H and O–H groups in total. The highest BCUT2D eigenvalue weighted by molar-refractivity contribution is 9.10. The summed E-state index contributed by atoms with van der Waals surface area (Å²) in [5.41, 5.74) is 3.80. The lowest BCUT2D eigenvalue weighted by atomic mass is 10.0. The van der Waals surface area contributed by atoms with E-state index in [1.807, 2.05) is 30.5 Å². The van der Waals surface area contributed by atoms with Crippen LogP contribution in [0.1, 0.15) is 48.4 Å². The Kier molecular flexibility index (Phi) is 6.52. The van der Waals surface area contributed by atoms with Gasteiger partial charge in [0, 0.05) is 41.1 Å². The van der Waals surface area contributed by atoms with Gasteiger partial charge in [-0.15, -0.1) is 0 Å². The molecule has 11 heteroatoms. The van der Waals surface area contributed by atoms with Crippen LogP contribution < -0.4 is 5.32 Å². The molecule has 1 aliphatic carbocycles. The number of nitrogens with zero attached hydrogens (tertiary/aromatic N) is 5. The largest absolute Gasteiger partial charge is 0.337 e. The number of benzene rings is 1. The number of likely N-dealkylation sites (tertiary alicyclic amines) is 1. The molecule has 0 unspecified atom stereocenters. The third kappa shape index (κ3) is 4.81. The van der Waals surface area contributed by atoms with Crippen molar-refractivity contribution in [2.75, 3.05) is 5.32 Å². The topological polar surface area (TPSA) is 110 Å². The average molecular weight is 619 g/mol. The lowest BCUT2D eigenvalue weighted by molar-refractivity contribution is -0.138. The van der Waals surface area contributed by atoms with E-state index in [2.05, 4.69) is 43.1 Å². The molecule has 0 bridgehead atoms. The van der Waals surface area contributed by atoms with Crippen LogP contribution in [-0.4, -0.2) is 54.1 Å². The van der Waals surface area contributed by atoms with Crippen molar-refractivity contribution in [3.8, 4) is 11.1 Å². The normalized spacial score (nSPS) is 21.2. The quantitative estimate of drug-likeness (QED) is 0.234. The molecule has 1 aromatic carbocycles. The predicted octanol–water partition coefficient (Wildman–Crippen LogP) is 5.23. The highest BCUT2D eigenvalue weighted by Gasteiger charge is 2.64. The second kappa shape index (κ2) is 9.83. The van der Waals surface area contributed by atoms with Gasteiger partial charge in [-0.3, -0.25) is 14.4 Å². The van der Waals surface area contributed by atoms with Gasteiger partial charge < -0.3 is 14.8 Å². The Labute approximate surface area is 244 Å². The van der Waals surface area contributed by atoms with Crippen LogP contribution in [0.5, 0.6) is 0 Å². The number of pyridine rings is 1. The van der Waals surface area contributed by atoms with Gasteiger partial charge in [-0.2, -0.15) is 0 Å². The lowest BCUT2D eigenvalue weighted by Gasteiger charge is -2.27. The van der Waals surface area contributed by atoms with Gasteiger partial charge in [-0.1, -0.05) is 6.92 Å². The zero-order chi connectivity index (χ0) is 29.2. The van der Waals surface area contributed by atoms with Crippen LogP contribution >= 0.6 is 15.9 Å². The van der Waals surface area contributed by atoms with E-state index in [0.717, 1.165) is 34.0 Å². The van der Waals surface area contributed by atoms with Crippen LogP contribution in [0, 0.1) is 25.1 Å². The molecular weight excluding hydrogens is 591 g/mol. The molecule has 210 valence electrons. The number of nitrogens with one attached hydrogen (secondary N) is 1. The molecule has 6 rings (SSSR count). The minimum atomic E-state index is -0.680. The van der Waals surface area contributed by atoms with E-state index < -0.39 is 11.9 Å². The van der Waals surface area contributed by atoms with Crippen molar-refractivity contribution in [3.05, 3.63) is 70.2 Å². The first-order valence-corrected chi connectivity index (χ1v) is 14.1. The van der Waals surface area contributed by atoms with E-state index in [4.69, 9.17) is 0 Å². The zero-order valence-corrected chi connectivity index (χ0v) is 24.6. The maximum atomic E-state index is 13.9. The number of aryl methyl sites for hydroxylation is 2. The molecule has 1 aliphatic heterocycles. The van der Waals surface area contributed by atoms with Crippen molar-refractivity contribution in [1.29, 1.82) is 0 Å². The Morgan fingerprint density at radius 3 is 2.54 bits per heavy atom. The molecule has 2 aliphatic rings. The fraction of sp³-hybridized carbons (Fsp3) is 0.333. The molecule has 0 radical (unpaired) electrons. The standard InChI is InChI=1S/C30H28BrFN6O3/c1-15-7-18(19-11-33-17(3)34-12-19)8-20-21(16(2)39)13-37(27(15)20)14-26(40)38-23(9-30(4)10-24(30)38)29(41)36-25-6-5-22(32)28(31)35-25/h5-8,11-13,23-24H,9-10,14H2,1-4H3,(H,35,36,41)/t23-,24+,30-/m0/s1. The van der Waals surface area contributed by atoms with Crippen molar-refractivity contribution in [2.45, 2.75) is 59.2 Å². The summed E-state index contributed by atoms with van der Waals surface area (Å²) in [6, 6.07) is 5.82. The highest BCUT2D eigenvalue weighted by atomic mass is 79.9. The molecule has 3 aromatic heterocycles. The zero-order valence-electron chi connectivity index (χ0n) is 23.0. The molecule has 4 heterocycles. The second-order valence-corrected chi connectivity index (χ2v) is 12.0. The number of aromatic nitrogens is 4. The van der Waals surface area contributed by atoms with Gasteiger partial charge in [0.05, 0.1) is 5.52 Å². The fourth-order valence-electron chi connectivity index (χ4n) is 6.05. The summed E-state index contributed by atoms with van der Waals surface area (Å²) in [6.07, 6.45) is 6.59. The minimum absolute atomic E-state index is 0.00124. The number of halogens is 2. The number of ketones is 1. The van der Waals surface area contributed by atoms with E-state index >= 15 is 0 Å². The Hall–Kier alpha value is -3.99. The van der Waals surface area contributed by atoms with E-state index in [-0.39, 0.29) is 46.0 Å². The fourth-order valence-corrected chi connectivity index (χ4v) is 6.38. The molecule has 0 spiro atoms. The maximum Gasteiger partial charge on any atom is 0.248 e. The molecule has 4 aromatic rings. The molecule has 9 nitrogen and oxygen atoms in total. The number of carbonyl (C=O) groups excluding carboxylic acids is 3. The van der Waals surface area contributed by atoms with Gasteiger partial charge in [0.25, 0.3) is 0 Å². The Bertz CT molecular complexity index is 1750. The second-order valence-electron chi connectivity index (χ2n) is 11.3. The maximum absolute atomic E-state index is 13.9. The van der Waals surface area contributed by atoms with Crippen molar-refractivity contribution in [3.63, 3.8) is 0 Å². The lowest BCUT2D eigenvalue weighted by Crippen LogP contribution is -2.46. The Balaban J connectivity index is 1.31. The van der Waals surface area contributed by atoms with Gasteiger partial charge in [0.15, 0.2) is 11.6 Å². The van der Waals surface area contributed by atoms with Crippen molar-refractivity contribution in [1.82, 2.24) is 24.4 Å². The summed E-state index contributed by atoms with van der Waals surface area (Å²) < 4.78 is 15.4. The summed E-state index contributed by atoms with van der Waals surface area (Å²) >= 11 is 3.04. The number of piperidine rings is 1. The summed E-state index contributed by atoms with van der Waals surface area (Å²) in [5.74, 6) is -0.331. The number of hydrogen-bond donors (Lipinski definition) is 1. The summed E-state index contributed by atoms with van der Waals surface area (Å²) in [7, 11) is 0. The minimum Gasteiger partial charge on any atom is -0.337 e. The number of anilines is 1. The van der Waals surface area contributed by atoms with Crippen LogP contribution in [0.4, 0.5) is 10.2 Å². The number of Topliss-reactive ketones (excluding diaryl/α,β-unsaturated/α-hetero) is 1. The third-order valence-electron chi connectivity index (χ3n) is 8.24. The van der Waals surface area contributed by atoms with E-state index in [1.54, 1.807) is 23.5 Å². The molecule has 1 saturated carbocycles. The van der Waals surface area contributed by atoms with Crippen LogP contribution in [0.25, 0.3) is 22.0 Å². The highest BCUT2D eigenvalue weighted by Crippen LogP contribution is 2.59. The number of hydrogen-bond acceptors (Lipinski definition) is 6. The first kappa shape index (κ1) is 27.2. The molecule has 3 atom stereocenters. The van der Waals surface area contributed by atoms with Crippen molar-refractivity contribution >= 4 is 50.2 Å². The summed E-state index contributed by atoms with van der Waals surface area (Å²) in [4.78, 5) is 54.1. The molecular formula is C30H28BrFN6O3. The van der Waals surface area contributed by atoms with E-state index in [9.17, 15) is 18.8 Å². The SMILES string of the molecule is CC(=O)c1cn(CC(=O)N2[C@H](C(=O)Nc3ccc(F)c(Br)n3)C[C@@]3(C)C[C@@H]23)c2c(C)cc(-c3cnc(C)nc3)cc12. The molecule has 2 fully saturated rings. The number of rotatable bonds is 6. The Morgan fingerprint density at radius 2 is 1.85 bits per heavy atom. The van der Waals surface area contributed by atoms with Crippen molar-refractivity contribution in [2.24, 2.45) is 5.41 Å². The van der Waals surface area contributed by atoms with Gasteiger partial charge >= 0.3 is 0 Å². The van der Waals surface area contributed by atoms with Gasteiger partial charge in [0.2, 0.25) is 11.8 Å². The molecule has 2 amide bonds. The summed E-state index contributed by atoms with van der Waals surface area (Å²) in [6.45, 7) is 7.34. The van der Waals surface area contributed by atoms with E-state index in [0.29, 0.717) is 17.8 Å².